The van der Waals surface area contributed by atoms with E-state index in [0.717, 1.165) is 37.6 Å². The van der Waals surface area contributed by atoms with Gasteiger partial charge < -0.3 is 19.7 Å². The number of methoxy groups -OCH3 is 2. The van der Waals surface area contributed by atoms with E-state index in [1.807, 2.05) is 0 Å². The fourth-order valence-corrected chi connectivity index (χ4v) is 2.93. The van der Waals surface area contributed by atoms with Gasteiger partial charge in [-0.05, 0) is 24.1 Å². The lowest BCUT2D eigenvalue weighted by molar-refractivity contribution is 0.106. The largest absolute Gasteiger partial charge is 0.384 e. The van der Waals surface area contributed by atoms with Gasteiger partial charge in [0.1, 0.15) is 5.82 Å². The van der Waals surface area contributed by atoms with Crippen molar-refractivity contribution in [2.45, 2.75) is 12.5 Å². The lowest BCUT2D eigenvalue weighted by Gasteiger charge is -2.24. The van der Waals surface area contributed by atoms with Crippen LogP contribution in [0.3, 0.4) is 0 Å². The van der Waals surface area contributed by atoms with Crippen LogP contribution in [0.1, 0.15) is 18.1 Å². The minimum atomic E-state index is -0.242. The van der Waals surface area contributed by atoms with Gasteiger partial charge in [0.05, 0.1) is 12.7 Å². The highest BCUT2D eigenvalue weighted by atomic mass is 19.1. The summed E-state index contributed by atoms with van der Waals surface area (Å²) in [6, 6.07) is 6.40. The van der Waals surface area contributed by atoms with Crippen LogP contribution in [0.5, 0.6) is 0 Å². The molecule has 2 atom stereocenters. The van der Waals surface area contributed by atoms with Crippen LogP contribution in [0, 0.1) is 11.7 Å². The third kappa shape index (κ3) is 4.91. The van der Waals surface area contributed by atoms with Crippen molar-refractivity contribution in [1.82, 2.24) is 10.2 Å². The third-order valence-corrected chi connectivity index (χ3v) is 4.17. The van der Waals surface area contributed by atoms with E-state index in [0.29, 0.717) is 12.5 Å². The van der Waals surface area contributed by atoms with E-state index in [2.05, 4.69) is 15.2 Å². The van der Waals surface area contributed by atoms with Gasteiger partial charge in [0, 0.05) is 46.8 Å². The Morgan fingerprint density at radius 1 is 1.39 bits per heavy atom. The number of nitrogens with zero attached hydrogens (tertiary/aromatic N) is 2. The Morgan fingerprint density at radius 3 is 2.74 bits per heavy atom. The van der Waals surface area contributed by atoms with Crippen LogP contribution < -0.4 is 5.32 Å². The zero-order chi connectivity index (χ0) is 16.7. The fraction of sp³-hybridized carbons (Fsp3) is 0.588. The summed E-state index contributed by atoms with van der Waals surface area (Å²) in [5.74, 6) is 1.18. The van der Waals surface area contributed by atoms with Crippen LogP contribution in [0.15, 0.2) is 29.3 Å². The molecular weight excluding hydrogens is 297 g/mol. The van der Waals surface area contributed by atoms with E-state index in [4.69, 9.17) is 9.47 Å². The molecule has 1 N–H and O–H groups in total. The first-order chi connectivity index (χ1) is 11.2. The molecule has 1 aromatic rings. The quantitative estimate of drug-likeness (QED) is 0.643. The lowest BCUT2D eigenvalue weighted by atomic mass is 10.1. The molecule has 0 aliphatic carbocycles. The number of aliphatic imine (C=N–C) groups is 1. The highest BCUT2D eigenvalue weighted by molar-refractivity contribution is 5.80. The predicted octanol–water partition coefficient (Wildman–Crippen LogP) is 2.06. The van der Waals surface area contributed by atoms with Crippen molar-refractivity contribution < 1.29 is 13.9 Å². The van der Waals surface area contributed by atoms with Gasteiger partial charge in [0.25, 0.3) is 0 Å². The number of benzene rings is 1. The topological polar surface area (TPSA) is 46.1 Å². The number of ether oxygens (including phenoxy) is 2. The number of hydrogen-bond acceptors (Lipinski definition) is 3. The Morgan fingerprint density at radius 2 is 2.13 bits per heavy atom. The molecule has 1 aliphatic rings. The average molecular weight is 323 g/mol. The van der Waals surface area contributed by atoms with Gasteiger partial charge in [-0.2, -0.15) is 0 Å². The molecule has 1 aliphatic heterocycles. The summed E-state index contributed by atoms with van der Waals surface area (Å²) in [4.78, 5) is 6.59. The Labute approximate surface area is 137 Å². The van der Waals surface area contributed by atoms with E-state index in [-0.39, 0.29) is 11.9 Å². The van der Waals surface area contributed by atoms with Crippen molar-refractivity contribution in [3.63, 3.8) is 0 Å². The molecule has 0 spiro atoms. The van der Waals surface area contributed by atoms with Gasteiger partial charge >= 0.3 is 0 Å². The van der Waals surface area contributed by atoms with E-state index < -0.39 is 0 Å². The van der Waals surface area contributed by atoms with Crippen LogP contribution >= 0.6 is 0 Å². The van der Waals surface area contributed by atoms with Crippen molar-refractivity contribution >= 4 is 5.96 Å². The predicted molar refractivity (Wildman–Crippen MR) is 89.1 cm³/mol. The number of nitrogens with one attached hydrogen (secondary N) is 1. The number of hydrogen-bond donors (Lipinski definition) is 1. The second-order valence-electron chi connectivity index (χ2n) is 5.76. The number of guanidine groups is 1. The highest BCUT2D eigenvalue weighted by Crippen LogP contribution is 2.18. The third-order valence-electron chi connectivity index (χ3n) is 4.17. The van der Waals surface area contributed by atoms with Crippen LogP contribution in [-0.4, -0.2) is 58.4 Å². The second-order valence-corrected chi connectivity index (χ2v) is 5.76. The lowest BCUT2D eigenvalue weighted by Crippen LogP contribution is -2.42. The van der Waals surface area contributed by atoms with Crippen molar-refractivity contribution in [1.29, 1.82) is 0 Å². The molecule has 128 valence electrons. The van der Waals surface area contributed by atoms with Crippen molar-refractivity contribution in [2.24, 2.45) is 10.9 Å². The van der Waals surface area contributed by atoms with Gasteiger partial charge in [-0.1, -0.05) is 12.1 Å². The minimum absolute atomic E-state index is 0.148. The molecule has 1 fully saturated rings. The molecule has 0 bridgehead atoms. The van der Waals surface area contributed by atoms with Crippen LogP contribution in [0.2, 0.25) is 0 Å². The summed E-state index contributed by atoms with van der Waals surface area (Å²) in [7, 11) is 5.18. The normalized spacial score (nSPS) is 19.9. The molecule has 0 saturated carbocycles. The maximum absolute atomic E-state index is 13.0. The standard InChI is InChI=1S/C17H26FN3O2/c1-19-17(21-9-8-13(11-21)12-22-2)20-10-16(23-3)14-4-6-15(18)7-5-14/h4-7,13,16H,8-12H2,1-3H3,(H,19,20). The smallest absolute Gasteiger partial charge is 0.193 e. The minimum Gasteiger partial charge on any atom is -0.384 e. The summed E-state index contributed by atoms with van der Waals surface area (Å²) >= 11 is 0. The average Bonchev–Trinajstić information content (AvgIpc) is 3.02. The summed E-state index contributed by atoms with van der Waals surface area (Å²) in [5.41, 5.74) is 0.940. The van der Waals surface area contributed by atoms with Gasteiger partial charge in [-0.25, -0.2) is 4.39 Å². The van der Waals surface area contributed by atoms with Crippen LogP contribution in [0.4, 0.5) is 4.39 Å². The van der Waals surface area contributed by atoms with E-state index in [9.17, 15) is 4.39 Å². The second kappa shape index (κ2) is 8.84. The van der Waals surface area contributed by atoms with E-state index in [1.54, 1.807) is 33.4 Å². The number of rotatable bonds is 6. The summed E-state index contributed by atoms with van der Waals surface area (Å²) in [6.07, 6.45) is 0.963. The molecule has 1 saturated heterocycles. The maximum atomic E-state index is 13.0. The monoisotopic (exact) mass is 323 g/mol. The zero-order valence-electron chi connectivity index (χ0n) is 14.1. The number of likely N-dealkylation sites (tertiary alicyclic amines) is 1. The molecule has 23 heavy (non-hydrogen) atoms. The molecule has 2 unspecified atom stereocenters. The van der Waals surface area contributed by atoms with Crippen molar-refractivity contribution in [3.05, 3.63) is 35.6 Å². The Kier molecular flexibility index (Phi) is 6.80. The van der Waals surface area contributed by atoms with Gasteiger partial charge in [0.15, 0.2) is 5.96 Å². The summed E-state index contributed by atoms with van der Waals surface area (Å²) in [6.45, 7) is 3.29. The fourth-order valence-electron chi connectivity index (χ4n) is 2.93. The SMILES string of the molecule is CN=C(NCC(OC)c1ccc(F)cc1)N1CCC(COC)C1. The molecule has 2 rings (SSSR count). The van der Waals surface area contributed by atoms with Gasteiger partial charge in [-0.15, -0.1) is 0 Å². The van der Waals surface area contributed by atoms with Gasteiger partial charge in [0.2, 0.25) is 0 Å². The molecule has 6 heteroatoms. The molecule has 1 heterocycles. The maximum Gasteiger partial charge on any atom is 0.193 e. The zero-order valence-corrected chi connectivity index (χ0v) is 14.1. The Balaban J connectivity index is 1.90. The van der Waals surface area contributed by atoms with Crippen LogP contribution in [0.25, 0.3) is 0 Å². The first-order valence-electron chi connectivity index (χ1n) is 7.90. The molecule has 0 amide bonds. The first kappa shape index (κ1) is 17.7. The van der Waals surface area contributed by atoms with Crippen molar-refractivity contribution in [2.75, 3.05) is 47.5 Å². The molecule has 0 aromatic heterocycles. The summed E-state index contributed by atoms with van der Waals surface area (Å²) < 4.78 is 23.8. The van der Waals surface area contributed by atoms with E-state index in [1.165, 1.54) is 12.1 Å². The Bertz CT molecular complexity index is 507. The first-order valence-corrected chi connectivity index (χ1v) is 7.90. The highest BCUT2D eigenvalue weighted by Gasteiger charge is 2.25. The van der Waals surface area contributed by atoms with E-state index >= 15 is 0 Å². The number of halogens is 1. The molecule has 5 nitrogen and oxygen atoms in total. The van der Waals surface area contributed by atoms with Gasteiger partial charge in [-0.3, -0.25) is 4.99 Å². The van der Waals surface area contributed by atoms with Crippen LogP contribution in [-0.2, 0) is 9.47 Å². The van der Waals surface area contributed by atoms with Crippen molar-refractivity contribution in [3.8, 4) is 0 Å². The summed E-state index contributed by atoms with van der Waals surface area (Å²) in [5, 5.41) is 3.35. The molecular formula is C17H26FN3O2. The molecule has 0 radical (unpaired) electrons. The molecule has 1 aromatic carbocycles. The Hall–Kier alpha value is -1.66.